The molecule has 0 aromatic carbocycles. The van der Waals surface area contributed by atoms with Gasteiger partial charge >= 0.3 is 0 Å². The minimum Gasteiger partial charge on any atom is -0.296 e. The minimum absolute atomic E-state index is 0.366. The molecule has 2 heterocycles. The van der Waals surface area contributed by atoms with E-state index >= 15 is 0 Å². The van der Waals surface area contributed by atoms with Crippen molar-refractivity contribution in [2.45, 2.75) is 5.54 Å². The Labute approximate surface area is 64.7 Å². The smallest absolute Gasteiger partial charge is 0.110 e. The van der Waals surface area contributed by atoms with E-state index in [0.717, 1.165) is 6.54 Å². The number of hydrogen-bond donors (Lipinski definition) is 1. The highest BCUT2D eigenvalue weighted by atomic mass is 15.0. The fourth-order valence-electron chi connectivity index (χ4n) is 1.33. The van der Waals surface area contributed by atoms with Crippen molar-refractivity contribution in [3.05, 3.63) is 23.9 Å². The Morgan fingerprint density at radius 1 is 1.73 bits per heavy atom. The lowest BCUT2D eigenvalue weighted by Gasteiger charge is -2.17. The van der Waals surface area contributed by atoms with Crippen LogP contribution in [0.2, 0.25) is 0 Å². The third-order valence-corrected chi connectivity index (χ3v) is 1.94. The molecular formula is C8H7N3. The van der Waals surface area contributed by atoms with Gasteiger partial charge in [0.05, 0.1) is 11.6 Å². The molecule has 3 nitrogen and oxygen atoms in total. The zero-order chi connectivity index (χ0) is 7.73. The molecule has 0 fully saturated rings. The van der Waals surface area contributed by atoms with E-state index in [1.54, 1.807) is 12.4 Å². The maximum atomic E-state index is 8.72. The maximum Gasteiger partial charge on any atom is 0.110 e. The first-order valence-corrected chi connectivity index (χ1v) is 3.45. The number of aliphatic imine (C=N–C) groups is 1. The van der Waals surface area contributed by atoms with Crippen LogP contribution in [-0.4, -0.2) is 18.3 Å². The molecule has 2 rings (SSSR count). The molecule has 1 unspecified atom stereocenters. The van der Waals surface area contributed by atoms with E-state index < -0.39 is 0 Å². The molecule has 0 radical (unpaired) electrons. The van der Waals surface area contributed by atoms with Crippen LogP contribution in [0.3, 0.4) is 0 Å². The molecule has 0 saturated carbocycles. The number of nitrogens with one attached hydrogen (secondary N) is 1. The highest BCUT2D eigenvalue weighted by Crippen LogP contribution is 2.23. The summed E-state index contributed by atoms with van der Waals surface area (Å²) in [5.41, 5.74) is 0.306. The first-order chi connectivity index (χ1) is 5.37. The van der Waals surface area contributed by atoms with Crippen LogP contribution in [-0.2, 0) is 0 Å². The van der Waals surface area contributed by atoms with E-state index in [4.69, 9.17) is 5.26 Å². The van der Waals surface area contributed by atoms with E-state index in [1.807, 2.05) is 12.2 Å². The Balaban J connectivity index is 2.41. The van der Waals surface area contributed by atoms with Crippen LogP contribution in [0.1, 0.15) is 0 Å². The summed E-state index contributed by atoms with van der Waals surface area (Å²) in [4.78, 5) is 3.95. The molecule has 0 aliphatic carbocycles. The summed E-state index contributed by atoms with van der Waals surface area (Å²) in [5.74, 6) is 0. The second-order valence-electron chi connectivity index (χ2n) is 2.59. The first kappa shape index (κ1) is 6.32. The molecule has 3 heteroatoms. The third kappa shape index (κ3) is 0.733. The Morgan fingerprint density at radius 2 is 2.64 bits per heavy atom. The summed E-state index contributed by atoms with van der Waals surface area (Å²) in [6.07, 6.45) is 7.33. The van der Waals surface area contributed by atoms with E-state index in [9.17, 15) is 0 Å². The lowest BCUT2D eigenvalue weighted by atomic mass is 9.96. The monoisotopic (exact) mass is 145 g/mol. The normalized spacial score (nSPS) is 32.8. The lowest BCUT2D eigenvalue weighted by molar-refractivity contribution is 0.687. The average molecular weight is 145 g/mol. The fraction of sp³-hybridized carbons (Fsp3) is 0.250. The number of nitriles is 1. The van der Waals surface area contributed by atoms with Crippen molar-refractivity contribution in [3.63, 3.8) is 0 Å². The molecule has 11 heavy (non-hydrogen) atoms. The molecule has 1 spiro atoms. The summed E-state index contributed by atoms with van der Waals surface area (Å²) in [6, 6.07) is 2.12. The van der Waals surface area contributed by atoms with Gasteiger partial charge in [0.1, 0.15) is 5.54 Å². The zero-order valence-corrected chi connectivity index (χ0v) is 5.91. The van der Waals surface area contributed by atoms with Gasteiger partial charge in [0.2, 0.25) is 0 Å². The number of hydrogen-bond acceptors (Lipinski definition) is 3. The van der Waals surface area contributed by atoms with Gasteiger partial charge < -0.3 is 0 Å². The van der Waals surface area contributed by atoms with Gasteiger partial charge in [-0.1, -0.05) is 12.2 Å². The fourth-order valence-corrected chi connectivity index (χ4v) is 1.33. The summed E-state index contributed by atoms with van der Waals surface area (Å²) in [5, 5.41) is 11.9. The Hall–Kier alpha value is -1.40. The van der Waals surface area contributed by atoms with Gasteiger partial charge in [-0.2, -0.15) is 5.26 Å². The van der Waals surface area contributed by atoms with E-state index in [1.165, 1.54) is 0 Å². The quantitative estimate of drug-likeness (QED) is 0.501. The van der Waals surface area contributed by atoms with Crippen molar-refractivity contribution in [1.82, 2.24) is 5.32 Å². The van der Waals surface area contributed by atoms with Crippen LogP contribution in [0.4, 0.5) is 0 Å². The predicted molar refractivity (Wildman–Crippen MR) is 42.1 cm³/mol. The highest BCUT2D eigenvalue weighted by molar-refractivity contribution is 5.85. The lowest BCUT2D eigenvalue weighted by Crippen LogP contribution is -2.41. The zero-order valence-electron chi connectivity index (χ0n) is 5.91. The highest BCUT2D eigenvalue weighted by Gasteiger charge is 2.34. The van der Waals surface area contributed by atoms with Crippen molar-refractivity contribution in [2.75, 3.05) is 6.54 Å². The molecule has 0 saturated heterocycles. The van der Waals surface area contributed by atoms with E-state index in [-0.39, 0.29) is 5.54 Å². The largest absolute Gasteiger partial charge is 0.296 e. The molecule has 2 aliphatic rings. The third-order valence-electron chi connectivity index (χ3n) is 1.94. The van der Waals surface area contributed by atoms with Crippen LogP contribution in [0.15, 0.2) is 28.9 Å². The van der Waals surface area contributed by atoms with Crippen LogP contribution in [0.5, 0.6) is 0 Å². The van der Waals surface area contributed by atoms with Crippen molar-refractivity contribution >= 4 is 6.21 Å². The van der Waals surface area contributed by atoms with Gasteiger partial charge in [-0.05, 0) is 0 Å². The van der Waals surface area contributed by atoms with Crippen molar-refractivity contribution in [1.29, 1.82) is 5.26 Å². The van der Waals surface area contributed by atoms with Crippen molar-refractivity contribution in [2.24, 2.45) is 4.99 Å². The second kappa shape index (κ2) is 2.04. The molecule has 2 aliphatic heterocycles. The van der Waals surface area contributed by atoms with Gasteiger partial charge in [-0.15, -0.1) is 0 Å². The maximum absolute atomic E-state index is 8.72. The van der Waals surface area contributed by atoms with E-state index in [2.05, 4.69) is 16.4 Å². The standard InChI is InChI=1S/C8H7N3/c9-4-7-5-10-6-8(7)2-1-3-11-8/h1-2,5-6,11H,3H2. The van der Waals surface area contributed by atoms with Crippen LogP contribution in [0.25, 0.3) is 0 Å². The first-order valence-electron chi connectivity index (χ1n) is 3.45. The Morgan fingerprint density at radius 3 is 3.27 bits per heavy atom. The summed E-state index contributed by atoms with van der Waals surface area (Å²) >= 11 is 0. The van der Waals surface area contributed by atoms with Gasteiger partial charge in [-0.25, -0.2) is 0 Å². The van der Waals surface area contributed by atoms with E-state index in [0.29, 0.717) is 5.57 Å². The van der Waals surface area contributed by atoms with Crippen LogP contribution in [0, 0.1) is 11.3 Å². The minimum atomic E-state index is -0.366. The summed E-state index contributed by atoms with van der Waals surface area (Å²) < 4.78 is 0. The molecular weight excluding hydrogens is 138 g/mol. The Bertz CT molecular complexity index is 306. The SMILES string of the molecule is N#CC1=CN=CC12C=CCN2. The average Bonchev–Trinajstić information content (AvgIpc) is 2.62. The Kier molecular flexibility index (Phi) is 1.17. The van der Waals surface area contributed by atoms with Crippen LogP contribution < -0.4 is 5.32 Å². The molecule has 54 valence electrons. The van der Waals surface area contributed by atoms with Gasteiger partial charge in [0, 0.05) is 19.0 Å². The van der Waals surface area contributed by atoms with Crippen LogP contribution >= 0.6 is 0 Å². The molecule has 0 amide bonds. The number of rotatable bonds is 0. The van der Waals surface area contributed by atoms with Crippen molar-refractivity contribution in [3.8, 4) is 6.07 Å². The molecule has 1 atom stereocenters. The van der Waals surface area contributed by atoms with Gasteiger partial charge in [0.15, 0.2) is 0 Å². The molecule has 1 N–H and O–H groups in total. The van der Waals surface area contributed by atoms with Gasteiger partial charge in [-0.3, -0.25) is 10.3 Å². The van der Waals surface area contributed by atoms with Crippen molar-refractivity contribution < 1.29 is 0 Å². The topological polar surface area (TPSA) is 48.2 Å². The number of nitrogens with zero attached hydrogens (tertiary/aromatic N) is 2. The summed E-state index contributed by atoms with van der Waals surface area (Å²) in [6.45, 7) is 0.811. The van der Waals surface area contributed by atoms with Gasteiger partial charge in [0.25, 0.3) is 0 Å². The summed E-state index contributed by atoms with van der Waals surface area (Å²) in [7, 11) is 0. The molecule has 0 aromatic heterocycles. The predicted octanol–water partition coefficient (Wildman–Crippen LogP) is 0.376. The molecule has 0 bridgehead atoms. The second-order valence-corrected chi connectivity index (χ2v) is 2.59. The molecule has 0 aromatic rings.